The standard InChI is InChI=1S/C14H21NO2/c1-4-12(10-13(16)17-3)15-11-14(2)8-6-5-7-9-14/h5-8,10,15H,4,9,11H2,1-3H3/b12-10-. The molecule has 1 aliphatic rings. The van der Waals surface area contributed by atoms with E-state index in [1.54, 1.807) is 0 Å². The number of hydrogen-bond acceptors (Lipinski definition) is 3. The second-order valence-electron chi connectivity index (χ2n) is 4.55. The second-order valence-corrected chi connectivity index (χ2v) is 4.55. The van der Waals surface area contributed by atoms with Gasteiger partial charge in [-0.05, 0) is 12.8 Å². The monoisotopic (exact) mass is 235 g/mol. The molecule has 0 fully saturated rings. The van der Waals surface area contributed by atoms with Gasteiger partial charge in [-0.1, -0.05) is 38.2 Å². The Labute approximate surface area is 103 Å². The van der Waals surface area contributed by atoms with E-state index in [4.69, 9.17) is 0 Å². The van der Waals surface area contributed by atoms with Crippen LogP contribution in [0.2, 0.25) is 0 Å². The van der Waals surface area contributed by atoms with Crippen LogP contribution in [-0.4, -0.2) is 19.6 Å². The maximum atomic E-state index is 11.1. The Hall–Kier alpha value is -1.51. The first-order valence-electron chi connectivity index (χ1n) is 5.96. The average Bonchev–Trinajstić information content (AvgIpc) is 2.35. The molecule has 17 heavy (non-hydrogen) atoms. The first kappa shape index (κ1) is 13.6. The normalized spacial score (nSPS) is 23.6. The molecule has 1 aliphatic carbocycles. The zero-order chi connectivity index (χ0) is 12.7. The highest BCUT2D eigenvalue weighted by Gasteiger charge is 2.20. The molecule has 1 unspecified atom stereocenters. The Balaban J connectivity index is 2.53. The molecule has 1 atom stereocenters. The Morgan fingerprint density at radius 1 is 1.53 bits per heavy atom. The lowest BCUT2D eigenvalue weighted by atomic mass is 9.83. The molecule has 94 valence electrons. The summed E-state index contributed by atoms with van der Waals surface area (Å²) in [4.78, 5) is 11.1. The number of rotatable bonds is 5. The lowest BCUT2D eigenvalue weighted by Crippen LogP contribution is -2.30. The van der Waals surface area contributed by atoms with Crippen LogP contribution in [0.5, 0.6) is 0 Å². The third-order valence-corrected chi connectivity index (χ3v) is 2.92. The predicted octanol–water partition coefficient (Wildman–Crippen LogP) is 2.57. The average molecular weight is 235 g/mol. The van der Waals surface area contributed by atoms with Crippen LogP contribution in [0.4, 0.5) is 0 Å². The molecular weight excluding hydrogens is 214 g/mol. The van der Waals surface area contributed by atoms with Gasteiger partial charge in [-0.2, -0.15) is 0 Å². The van der Waals surface area contributed by atoms with Crippen LogP contribution in [-0.2, 0) is 9.53 Å². The quantitative estimate of drug-likeness (QED) is 0.588. The van der Waals surface area contributed by atoms with Gasteiger partial charge in [-0.15, -0.1) is 0 Å². The number of methoxy groups -OCH3 is 1. The Bertz CT molecular complexity index is 355. The van der Waals surface area contributed by atoms with Crippen molar-refractivity contribution in [2.75, 3.05) is 13.7 Å². The molecule has 0 saturated heterocycles. The zero-order valence-corrected chi connectivity index (χ0v) is 10.8. The number of hydrogen-bond donors (Lipinski definition) is 1. The van der Waals surface area contributed by atoms with E-state index in [2.05, 4.69) is 41.3 Å². The minimum atomic E-state index is -0.307. The van der Waals surface area contributed by atoms with Crippen LogP contribution in [0.15, 0.2) is 36.1 Å². The number of carbonyl (C=O) groups excluding carboxylic acids is 1. The highest BCUT2D eigenvalue weighted by Crippen LogP contribution is 2.26. The molecule has 0 aliphatic heterocycles. The van der Waals surface area contributed by atoms with E-state index in [9.17, 15) is 4.79 Å². The summed E-state index contributed by atoms with van der Waals surface area (Å²) in [5.41, 5.74) is 1.04. The molecule has 1 rings (SSSR count). The van der Waals surface area contributed by atoms with E-state index in [1.165, 1.54) is 13.2 Å². The molecule has 0 spiro atoms. The SMILES string of the molecule is CC/C(=C/C(=O)OC)NCC1(C)C=CC=CC1. The fraction of sp³-hybridized carbons (Fsp3) is 0.500. The van der Waals surface area contributed by atoms with E-state index < -0.39 is 0 Å². The van der Waals surface area contributed by atoms with Gasteiger partial charge >= 0.3 is 5.97 Å². The molecule has 3 nitrogen and oxygen atoms in total. The molecule has 0 heterocycles. The first-order valence-corrected chi connectivity index (χ1v) is 5.96. The van der Waals surface area contributed by atoms with E-state index in [1.807, 2.05) is 6.92 Å². The molecule has 0 saturated carbocycles. The molecule has 1 N–H and O–H groups in total. The van der Waals surface area contributed by atoms with Gasteiger partial charge in [0.2, 0.25) is 0 Å². The van der Waals surface area contributed by atoms with Crippen LogP contribution in [0.3, 0.4) is 0 Å². The van der Waals surface area contributed by atoms with Crippen molar-refractivity contribution in [1.29, 1.82) is 0 Å². The summed E-state index contributed by atoms with van der Waals surface area (Å²) in [6, 6.07) is 0. The van der Waals surface area contributed by atoms with Crippen molar-refractivity contribution < 1.29 is 9.53 Å². The van der Waals surface area contributed by atoms with Gasteiger partial charge in [-0.25, -0.2) is 4.79 Å². The lowest BCUT2D eigenvalue weighted by Gasteiger charge is -2.27. The third-order valence-electron chi connectivity index (χ3n) is 2.92. The number of carbonyl (C=O) groups is 1. The third kappa shape index (κ3) is 4.47. The summed E-state index contributed by atoms with van der Waals surface area (Å²) in [5, 5.41) is 3.32. The molecule has 0 aromatic carbocycles. The molecule has 0 radical (unpaired) electrons. The lowest BCUT2D eigenvalue weighted by molar-refractivity contribution is -0.134. The molecule has 0 aromatic rings. The van der Waals surface area contributed by atoms with Crippen LogP contribution in [0.1, 0.15) is 26.7 Å². The minimum absolute atomic E-state index is 0.124. The number of allylic oxidation sites excluding steroid dienone is 4. The summed E-state index contributed by atoms with van der Waals surface area (Å²) in [7, 11) is 1.39. The summed E-state index contributed by atoms with van der Waals surface area (Å²) >= 11 is 0. The van der Waals surface area contributed by atoms with Gasteiger partial charge < -0.3 is 10.1 Å². The number of ether oxygens (including phenoxy) is 1. The van der Waals surface area contributed by atoms with Crippen molar-refractivity contribution in [2.45, 2.75) is 26.7 Å². The first-order chi connectivity index (χ1) is 8.09. The number of esters is 1. The molecule has 0 bridgehead atoms. The smallest absolute Gasteiger partial charge is 0.332 e. The van der Waals surface area contributed by atoms with Crippen LogP contribution >= 0.6 is 0 Å². The van der Waals surface area contributed by atoms with Gasteiger partial charge in [-0.3, -0.25) is 0 Å². The maximum absolute atomic E-state index is 11.1. The van der Waals surface area contributed by atoms with Gasteiger partial charge in [0, 0.05) is 23.7 Å². The largest absolute Gasteiger partial charge is 0.466 e. The van der Waals surface area contributed by atoms with Crippen molar-refractivity contribution in [3.05, 3.63) is 36.1 Å². The van der Waals surface area contributed by atoms with Crippen LogP contribution in [0.25, 0.3) is 0 Å². The predicted molar refractivity (Wildman–Crippen MR) is 69.4 cm³/mol. The molecular formula is C14H21NO2. The Morgan fingerprint density at radius 3 is 2.82 bits per heavy atom. The fourth-order valence-electron chi connectivity index (χ4n) is 1.70. The van der Waals surface area contributed by atoms with E-state index in [-0.39, 0.29) is 11.4 Å². The molecule has 0 aromatic heterocycles. The van der Waals surface area contributed by atoms with Gasteiger partial charge in [0.05, 0.1) is 7.11 Å². The van der Waals surface area contributed by atoms with Crippen molar-refractivity contribution in [3.8, 4) is 0 Å². The maximum Gasteiger partial charge on any atom is 0.332 e. The zero-order valence-electron chi connectivity index (χ0n) is 10.8. The summed E-state index contributed by atoms with van der Waals surface area (Å²) in [5.74, 6) is -0.307. The second kappa shape index (κ2) is 6.28. The summed E-state index contributed by atoms with van der Waals surface area (Å²) < 4.78 is 4.62. The fourth-order valence-corrected chi connectivity index (χ4v) is 1.70. The van der Waals surface area contributed by atoms with Crippen molar-refractivity contribution in [2.24, 2.45) is 5.41 Å². The van der Waals surface area contributed by atoms with Crippen molar-refractivity contribution in [3.63, 3.8) is 0 Å². The van der Waals surface area contributed by atoms with Crippen molar-refractivity contribution in [1.82, 2.24) is 5.32 Å². The minimum Gasteiger partial charge on any atom is -0.466 e. The summed E-state index contributed by atoms with van der Waals surface area (Å²) in [6.45, 7) is 5.04. The number of nitrogens with one attached hydrogen (secondary N) is 1. The van der Waals surface area contributed by atoms with Gasteiger partial charge in [0.1, 0.15) is 0 Å². The Morgan fingerprint density at radius 2 is 2.29 bits per heavy atom. The topological polar surface area (TPSA) is 38.3 Å². The highest BCUT2D eigenvalue weighted by molar-refractivity contribution is 5.82. The molecule has 0 amide bonds. The summed E-state index contributed by atoms with van der Waals surface area (Å²) in [6.07, 6.45) is 11.8. The van der Waals surface area contributed by atoms with Gasteiger partial charge in [0.15, 0.2) is 0 Å². The molecule has 3 heteroatoms. The van der Waals surface area contributed by atoms with E-state index in [0.29, 0.717) is 0 Å². The highest BCUT2D eigenvalue weighted by atomic mass is 16.5. The van der Waals surface area contributed by atoms with E-state index >= 15 is 0 Å². The van der Waals surface area contributed by atoms with Gasteiger partial charge in [0.25, 0.3) is 0 Å². The Kier molecular flexibility index (Phi) is 5.01. The van der Waals surface area contributed by atoms with Crippen LogP contribution in [0, 0.1) is 5.41 Å². The van der Waals surface area contributed by atoms with Crippen LogP contribution < -0.4 is 5.32 Å². The van der Waals surface area contributed by atoms with Crippen molar-refractivity contribution >= 4 is 5.97 Å². The van der Waals surface area contributed by atoms with E-state index in [0.717, 1.165) is 25.1 Å².